The summed E-state index contributed by atoms with van der Waals surface area (Å²) in [5.41, 5.74) is -1.17. The van der Waals surface area contributed by atoms with E-state index in [4.69, 9.17) is 9.57 Å². The Hall–Kier alpha value is -4.54. The lowest BCUT2D eigenvalue weighted by atomic mass is 10.1. The second kappa shape index (κ2) is 12.3. The van der Waals surface area contributed by atoms with E-state index >= 15 is 0 Å². The first-order chi connectivity index (χ1) is 18.4. The lowest BCUT2D eigenvalue weighted by Gasteiger charge is -2.17. The number of carbonyl (C=O) groups excluding carboxylic acids is 2. The standard InChI is InChI=1S/C28H31FN4O6/c1-16(2)26(35)30-22-9-7-8-10-23(22)33-27(36)21(18(5)31-39-17(3)4)14-32(28(33)37)15-24(34)20-13-19(29)11-12-25(20)38-6/h7-14,16-17H,15H2,1-6H3,(H,30,35)/b31-18+. The minimum atomic E-state index is -0.851. The zero-order valence-corrected chi connectivity index (χ0v) is 22.6. The number of Topliss-reactive ketones (excluding diaryl/α,β-unsaturated/α-hetero) is 1. The van der Waals surface area contributed by atoms with Crippen LogP contribution in [0.5, 0.6) is 5.75 Å². The molecule has 3 rings (SSSR count). The molecule has 0 unspecified atom stereocenters. The van der Waals surface area contributed by atoms with Crippen LogP contribution in [0.25, 0.3) is 5.69 Å². The minimum absolute atomic E-state index is 0.0146. The Labute approximate surface area is 224 Å². The van der Waals surface area contributed by atoms with Crippen molar-refractivity contribution in [2.45, 2.75) is 47.3 Å². The first-order valence-electron chi connectivity index (χ1n) is 12.3. The summed E-state index contributed by atoms with van der Waals surface area (Å²) in [6.07, 6.45) is 0.935. The van der Waals surface area contributed by atoms with Gasteiger partial charge in [0.1, 0.15) is 17.7 Å². The molecule has 11 heteroatoms. The number of oxime groups is 1. The number of carbonyl (C=O) groups is 2. The smallest absolute Gasteiger partial charge is 0.336 e. The Morgan fingerprint density at radius 1 is 1.05 bits per heavy atom. The number of aromatic nitrogens is 2. The summed E-state index contributed by atoms with van der Waals surface area (Å²) in [6.45, 7) is 7.92. The maximum Gasteiger partial charge on any atom is 0.336 e. The number of amides is 1. The Kier molecular flexibility index (Phi) is 9.18. The van der Waals surface area contributed by atoms with Gasteiger partial charge in [-0.3, -0.25) is 19.0 Å². The van der Waals surface area contributed by atoms with Crippen LogP contribution in [-0.4, -0.2) is 39.8 Å². The number of anilines is 1. The first kappa shape index (κ1) is 29.0. The van der Waals surface area contributed by atoms with Gasteiger partial charge in [0.25, 0.3) is 5.56 Å². The molecule has 0 aliphatic carbocycles. The van der Waals surface area contributed by atoms with Crippen molar-refractivity contribution in [2.75, 3.05) is 12.4 Å². The molecule has 0 saturated heterocycles. The van der Waals surface area contributed by atoms with E-state index in [2.05, 4.69) is 10.5 Å². The van der Waals surface area contributed by atoms with Crippen molar-refractivity contribution in [1.29, 1.82) is 0 Å². The topological polar surface area (TPSA) is 121 Å². The van der Waals surface area contributed by atoms with Crippen LogP contribution in [-0.2, 0) is 16.2 Å². The number of methoxy groups -OCH3 is 1. The molecule has 0 saturated carbocycles. The van der Waals surface area contributed by atoms with Crippen LogP contribution in [0.4, 0.5) is 10.1 Å². The lowest BCUT2D eigenvalue weighted by Crippen LogP contribution is -2.42. The molecule has 10 nitrogen and oxygen atoms in total. The van der Waals surface area contributed by atoms with Crippen LogP contribution in [0.15, 0.2) is 63.4 Å². The van der Waals surface area contributed by atoms with Crippen LogP contribution in [0.2, 0.25) is 0 Å². The fourth-order valence-corrected chi connectivity index (χ4v) is 3.60. The zero-order chi connectivity index (χ0) is 28.9. The van der Waals surface area contributed by atoms with E-state index in [1.165, 1.54) is 32.4 Å². The molecular weight excluding hydrogens is 507 g/mol. The molecule has 1 amide bonds. The monoisotopic (exact) mass is 538 g/mol. The van der Waals surface area contributed by atoms with E-state index in [1.54, 1.807) is 45.9 Å². The van der Waals surface area contributed by atoms with Gasteiger partial charge in [-0.1, -0.05) is 31.1 Å². The van der Waals surface area contributed by atoms with Crippen molar-refractivity contribution >= 4 is 23.1 Å². The van der Waals surface area contributed by atoms with Gasteiger partial charge in [0.15, 0.2) is 5.78 Å². The average Bonchev–Trinajstić information content (AvgIpc) is 2.89. The molecule has 0 bridgehead atoms. The Balaban J connectivity index is 2.25. The van der Waals surface area contributed by atoms with Crippen LogP contribution < -0.4 is 21.3 Å². The highest BCUT2D eigenvalue weighted by Gasteiger charge is 2.22. The number of ketones is 1. The molecule has 1 aromatic heterocycles. The molecule has 0 aliphatic heterocycles. The van der Waals surface area contributed by atoms with E-state index in [0.29, 0.717) is 0 Å². The average molecular weight is 539 g/mol. The highest BCUT2D eigenvalue weighted by molar-refractivity contribution is 5.99. The summed E-state index contributed by atoms with van der Waals surface area (Å²) in [4.78, 5) is 58.3. The highest BCUT2D eigenvalue weighted by atomic mass is 19.1. The quantitative estimate of drug-likeness (QED) is 0.238. The number of nitrogens with one attached hydrogen (secondary N) is 1. The molecule has 0 fully saturated rings. The van der Waals surface area contributed by atoms with Crippen molar-refractivity contribution in [3.05, 3.63) is 86.4 Å². The number of nitrogens with zero attached hydrogens (tertiary/aromatic N) is 3. The van der Waals surface area contributed by atoms with Crippen LogP contribution >= 0.6 is 0 Å². The number of hydrogen-bond acceptors (Lipinski definition) is 7. The van der Waals surface area contributed by atoms with Crippen molar-refractivity contribution in [3.8, 4) is 11.4 Å². The third-order valence-electron chi connectivity index (χ3n) is 5.65. The van der Waals surface area contributed by atoms with Crippen molar-refractivity contribution in [3.63, 3.8) is 0 Å². The van der Waals surface area contributed by atoms with Gasteiger partial charge in [0, 0.05) is 12.1 Å². The van der Waals surface area contributed by atoms with E-state index in [-0.39, 0.29) is 51.9 Å². The van der Waals surface area contributed by atoms with Crippen molar-refractivity contribution in [2.24, 2.45) is 11.1 Å². The predicted molar refractivity (Wildman–Crippen MR) is 145 cm³/mol. The van der Waals surface area contributed by atoms with Gasteiger partial charge in [-0.05, 0) is 51.1 Å². The van der Waals surface area contributed by atoms with Gasteiger partial charge in [-0.25, -0.2) is 13.8 Å². The van der Waals surface area contributed by atoms with Gasteiger partial charge >= 0.3 is 5.69 Å². The maximum atomic E-state index is 13.9. The normalized spacial score (nSPS) is 11.6. The Morgan fingerprint density at radius 3 is 2.38 bits per heavy atom. The largest absolute Gasteiger partial charge is 0.496 e. The molecular formula is C28H31FN4O6. The van der Waals surface area contributed by atoms with E-state index in [0.717, 1.165) is 21.3 Å². The number of benzene rings is 2. The molecule has 0 atom stereocenters. The minimum Gasteiger partial charge on any atom is -0.496 e. The summed E-state index contributed by atoms with van der Waals surface area (Å²) >= 11 is 0. The first-order valence-corrected chi connectivity index (χ1v) is 12.3. The van der Waals surface area contributed by atoms with Gasteiger partial charge in [0.2, 0.25) is 5.91 Å². The Bertz CT molecular complexity index is 1540. The third kappa shape index (κ3) is 6.67. The Morgan fingerprint density at radius 2 is 1.74 bits per heavy atom. The molecule has 2 aromatic carbocycles. The number of halogens is 1. The fourth-order valence-electron chi connectivity index (χ4n) is 3.60. The predicted octanol–water partition coefficient (Wildman–Crippen LogP) is 3.77. The van der Waals surface area contributed by atoms with Gasteiger partial charge in [0.05, 0.1) is 41.9 Å². The number of rotatable bonds is 10. The molecule has 1 heterocycles. The third-order valence-corrected chi connectivity index (χ3v) is 5.65. The summed E-state index contributed by atoms with van der Waals surface area (Å²) in [7, 11) is 1.34. The number of para-hydroxylation sites is 2. The van der Waals surface area contributed by atoms with Crippen LogP contribution in [0.1, 0.15) is 50.5 Å². The second-order valence-corrected chi connectivity index (χ2v) is 9.35. The number of hydrogen-bond donors (Lipinski definition) is 1. The van der Waals surface area contributed by atoms with Gasteiger partial charge in [-0.2, -0.15) is 0 Å². The molecule has 1 N–H and O–H groups in total. The number of ether oxygens (including phenoxy) is 1. The van der Waals surface area contributed by atoms with Crippen molar-refractivity contribution < 1.29 is 23.6 Å². The lowest BCUT2D eigenvalue weighted by molar-refractivity contribution is -0.118. The fraction of sp³-hybridized carbons (Fsp3) is 0.321. The molecule has 206 valence electrons. The van der Waals surface area contributed by atoms with Crippen LogP contribution in [0, 0.1) is 11.7 Å². The summed E-state index contributed by atoms with van der Waals surface area (Å²) in [5, 5.41) is 6.73. The zero-order valence-electron chi connectivity index (χ0n) is 22.6. The maximum absolute atomic E-state index is 13.9. The summed E-state index contributed by atoms with van der Waals surface area (Å²) in [6, 6.07) is 9.79. The molecule has 0 spiro atoms. The van der Waals surface area contributed by atoms with Crippen LogP contribution in [0.3, 0.4) is 0 Å². The highest BCUT2D eigenvalue weighted by Crippen LogP contribution is 2.21. The molecule has 39 heavy (non-hydrogen) atoms. The SMILES string of the molecule is COc1ccc(F)cc1C(=O)Cn1cc(/C(C)=N/OC(C)C)c(=O)n(-c2ccccc2NC(=O)C(C)C)c1=O. The summed E-state index contributed by atoms with van der Waals surface area (Å²) in [5.74, 6) is -1.82. The second-order valence-electron chi connectivity index (χ2n) is 9.35. The van der Waals surface area contributed by atoms with E-state index < -0.39 is 29.4 Å². The molecule has 0 aliphatic rings. The van der Waals surface area contributed by atoms with E-state index in [9.17, 15) is 23.6 Å². The van der Waals surface area contributed by atoms with Gasteiger partial charge < -0.3 is 14.9 Å². The van der Waals surface area contributed by atoms with E-state index in [1.807, 2.05) is 0 Å². The van der Waals surface area contributed by atoms with Gasteiger partial charge in [-0.15, -0.1) is 0 Å². The molecule has 3 aromatic rings. The van der Waals surface area contributed by atoms with Crippen molar-refractivity contribution in [1.82, 2.24) is 9.13 Å². The molecule has 0 radical (unpaired) electrons. The summed E-state index contributed by atoms with van der Waals surface area (Å²) < 4.78 is 21.0.